The molecule has 1 saturated heterocycles. The minimum absolute atomic E-state index is 0.00449. The van der Waals surface area contributed by atoms with E-state index in [4.69, 9.17) is 9.47 Å². The van der Waals surface area contributed by atoms with Crippen molar-refractivity contribution in [3.8, 4) is 0 Å². The van der Waals surface area contributed by atoms with Crippen LogP contribution in [0.15, 0.2) is 36.7 Å². The number of alkyl halides is 5. The SMILES string of the molecule is CC(C)(C)OC(=O)N1CCOC[C@@H]1C(=O)N(c1ccc(C2CC2)cc1F)[C@@H](C(=O)NC1CCC(F)(F)CC1)c1cnccc1C(F)(F)F. The van der Waals surface area contributed by atoms with Gasteiger partial charge in [0.05, 0.1) is 24.5 Å². The number of morpholine rings is 1. The van der Waals surface area contributed by atoms with Gasteiger partial charge in [-0.25, -0.2) is 18.0 Å². The van der Waals surface area contributed by atoms with Crippen LogP contribution in [0, 0.1) is 5.82 Å². The molecule has 2 aliphatic carbocycles. The van der Waals surface area contributed by atoms with Crippen LogP contribution in [0.4, 0.5) is 36.8 Å². The van der Waals surface area contributed by atoms with Crippen LogP contribution in [-0.4, -0.2) is 71.2 Å². The second-order valence-electron chi connectivity index (χ2n) is 13.5. The summed E-state index contributed by atoms with van der Waals surface area (Å²) in [6, 6.07) is -0.0371. The molecule has 5 rings (SSSR count). The van der Waals surface area contributed by atoms with Crippen LogP contribution in [-0.2, 0) is 25.2 Å². The van der Waals surface area contributed by atoms with Crippen molar-refractivity contribution in [1.82, 2.24) is 15.2 Å². The molecule has 0 radical (unpaired) electrons. The zero-order valence-electron chi connectivity index (χ0n) is 26.8. The Morgan fingerprint density at radius 2 is 1.77 bits per heavy atom. The van der Waals surface area contributed by atoms with Gasteiger partial charge in [0.2, 0.25) is 11.8 Å². The number of rotatable bonds is 7. The first-order valence-electron chi connectivity index (χ1n) is 15.8. The number of halogens is 6. The number of benzene rings is 1. The lowest BCUT2D eigenvalue weighted by atomic mass is 9.91. The number of nitrogens with one attached hydrogen (secondary N) is 1. The van der Waals surface area contributed by atoms with Gasteiger partial charge in [0.25, 0.3) is 5.91 Å². The van der Waals surface area contributed by atoms with E-state index in [-0.39, 0.29) is 31.9 Å². The summed E-state index contributed by atoms with van der Waals surface area (Å²) >= 11 is 0. The van der Waals surface area contributed by atoms with Gasteiger partial charge in [0, 0.05) is 43.4 Å². The van der Waals surface area contributed by atoms with Crippen molar-refractivity contribution in [2.75, 3.05) is 24.7 Å². The lowest BCUT2D eigenvalue weighted by Crippen LogP contribution is -2.59. The molecule has 2 atom stereocenters. The van der Waals surface area contributed by atoms with E-state index in [1.807, 2.05) is 0 Å². The van der Waals surface area contributed by atoms with E-state index in [9.17, 15) is 36.3 Å². The molecule has 3 aliphatic rings. The van der Waals surface area contributed by atoms with Gasteiger partial charge in [-0.2, -0.15) is 13.2 Å². The van der Waals surface area contributed by atoms with Crippen molar-refractivity contribution in [1.29, 1.82) is 0 Å². The van der Waals surface area contributed by atoms with Crippen molar-refractivity contribution in [2.24, 2.45) is 0 Å². The Bertz CT molecular complexity index is 1520. The van der Waals surface area contributed by atoms with E-state index in [0.29, 0.717) is 16.5 Å². The third kappa shape index (κ3) is 8.21. The molecule has 1 aromatic heterocycles. The minimum Gasteiger partial charge on any atom is -0.444 e. The largest absolute Gasteiger partial charge is 0.444 e. The first-order valence-corrected chi connectivity index (χ1v) is 15.8. The Morgan fingerprint density at radius 1 is 1.08 bits per heavy atom. The lowest BCUT2D eigenvalue weighted by molar-refractivity contribution is -0.140. The first-order chi connectivity index (χ1) is 22.4. The predicted octanol–water partition coefficient (Wildman–Crippen LogP) is 6.52. The van der Waals surface area contributed by atoms with Gasteiger partial charge < -0.3 is 14.8 Å². The molecule has 3 amide bonds. The molecule has 2 aromatic rings. The molecular weight excluding hydrogens is 646 g/mol. The molecule has 48 heavy (non-hydrogen) atoms. The fourth-order valence-electron chi connectivity index (χ4n) is 6.03. The zero-order chi connectivity index (χ0) is 35.0. The van der Waals surface area contributed by atoms with E-state index in [2.05, 4.69) is 10.3 Å². The Hall–Kier alpha value is -3.88. The number of anilines is 1. The third-order valence-corrected chi connectivity index (χ3v) is 8.58. The number of carbonyl (C=O) groups excluding carboxylic acids is 3. The van der Waals surface area contributed by atoms with Crippen LogP contribution in [0.5, 0.6) is 0 Å². The molecule has 15 heteroatoms. The topological polar surface area (TPSA) is 101 Å². The number of aromatic nitrogens is 1. The third-order valence-electron chi connectivity index (χ3n) is 8.58. The highest BCUT2D eigenvalue weighted by molar-refractivity contribution is 6.05. The normalized spacial score (nSPS) is 20.9. The number of nitrogens with zero attached hydrogens (tertiary/aromatic N) is 3. The highest BCUT2D eigenvalue weighted by Crippen LogP contribution is 2.43. The van der Waals surface area contributed by atoms with E-state index >= 15 is 4.39 Å². The summed E-state index contributed by atoms with van der Waals surface area (Å²) < 4.78 is 98.4. The van der Waals surface area contributed by atoms with Crippen LogP contribution in [0.3, 0.4) is 0 Å². The van der Waals surface area contributed by atoms with Gasteiger partial charge in [0.15, 0.2) is 0 Å². The van der Waals surface area contributed by atoms with Gasteiger partial charge in [-0.3, -0.25) is 24.4 Å². The fraction of sp³-hybridized carbons (Fsp3) is 0.576. The Morgan fingerprint density at radius 3 is 2.38 bits per heavy atom. The van der Waals surface area contributed by atoms with Gasteiger partial charge in [0.1, 0.15) is 23.5 Å². The molecule has 3 fully saturated rings. The Balaban J connectivity index is 1.65. The molecular formula is C33H38F6N4O5. The first kappa shape index (κ1) is 35.4. The molecule has 9 nitrogen and oxygen atoms in total. The second kappa shape index (κ2) is 13.6. The summed E-state index contributed by atoms with van der Waals surface area (Å²) in [4.78, 5) is 47.6. The molecule has 2 heterocycles. The number of ether oxygens (including phenoxy) is 2. The van der Waals surface area contributed by atoms with Gasteiger partial charge >= 0.3 is 12.3 Å². The summed E-state index contributed by atoms with van der Waals surface area (Å²) in [6.45, 7) is 4.25. The van der Waals surface area contributed by atoms with Crippen LogP contribution in [0.1, 0.15) is 87.9 Å². The smallest absolute Gasteiger partial charge is 0.416 e. The maximum atomic E-state index is 16.1. The van der Waals surface area contributed by atoms with E-state index in [0.717, 1.165) is 30.1 Å². The minimum atomic E-state index is -5.04. The van der Waals surface area contributed by atoms with Crippen LogP contribution >= 0.6 is 0 Å². The second-order valence-corrected chi connectivity index (χ2v) is 13.5. The summed E-state index contributed by atoms with van der Waals surface area (Å²) in [5.74, 6) is -6.16. The van der Waals surface area contributed by atoms with Crippen molar-refractivity contribution in [3.05, 3.63) is 59.2 Å². The number of hydrogen-bond donors (Lipinski definition) is 1. The number of hydrogen-bond acceptors (Lipinski definition) is 6. The van der Waals surface area contributed by atoms with E-state index in [1.165, 1.54) is 18.2 Å². The van der Waals surface area contributed by atoms with E-state index < -0.39 is 95.8 Å². The standard InChI is InChI=1S/C33H38F6N4O5/c1-31(2,3)48-30(46)42-14-15-47-18-26(42)29(45)43(25-7-6-20(16-24(25)34)19-4-5-19)27(22-17-40-13-10-23(22)33(37,38)39)28(44)41-21-8-11-32(35,36)12-9-21/h6-7,10,13,16-17,19,21,26-27H,4-5,8-9,11-12,14-15,18H2,1-3H3,(H,41,44)/t26-,27-/m1/s1. The molecule has 1 aliphatic heterocycles. The molecule has 2 saturated carbocycles. The molecule has 262 valence electrons. The highest BCUT2D eigenvalue weighted by atomic mass is 19.4. The molecule has 0 unspecified atom stereocenters. The molecule has 0 bridgehead atoms. The monoisotopic (exact) mass is 684 g/mol. The average Bonchev–Trinajstić information content (AvgIpc) is 3.85. The molecule has 1 aromatic carbocycles. The lowest BCUT2D eigenvalue weighted by Gasteiger charge is -2.41. The van der Waals surface area contributed by atoms with Gasteiger partial charge in [-0.05, 0) is 76.1 Å². The Labute approximate surface area is 273 Å². The summed E-state index contributed by atoms with van der Waals surface area (Å²) in [5.41, 5.74) is -2.98. The number of carbonyl (C=O) groups is 3. The Kier molecular flexibility index (Phi) is 10.0. The van der Waals surface area contributed by atoms with Crippen LogP contribution < -0.4 is 10.2 Å². The summed E-state index contributed by atoms with van der Waals surface area (Å²) in [6.07, 6.45) is -4.19. The maximum Gasteiger partial charge on any atom is 0.416 e. The quantitative estimate of drug-likeness (QED) is 0.334. The predicted molar refractivity (Wildman–Crippen MR) is 161 cm³/mol. The van der Waals surface area contributed by atoms with Crippen LogP contribution in [0.25, 0.3) is 0 Å². The summed E-state index contributed by atoms with van der Waals surface area (Å²) in [7, 11) is 0. The zero-order valence-corrected chi connectivity index (χ0v) is 26.8. The van der Waals surface area contributed by atoms with Crippen LogP contribution in [0.2, 0.25) is 0 Å². The number of pyridine rings is 1. The maximum absolute atomic E-state index is 16.1. The molecule has 1 N–H and O–H groups in total. The van der Waals surface area contributed by atoms with Crippen molar-refractivity contribution < 1.29 is 50.2 Å². The fourth-order valence-corrected chi connectivity index (χ4v) is 6.03. The van der Waals surface area contributed by atoms with Crippen molar-refractivity contribution >= 4 is 23.6 Å². The summed E-state index contributed by atoms with van der Waals surface area (Å²) in [5, 5.41) is 2.55. The highest BCUT2D eigenvalue weighted by Gasteiger charge is 2.47. The van der Waals surface area contributed by atoms with Gasteiger partial charge in [-0.1, -0.05) is 6.07 Å². The average molecular weight is 685 g/mol. The molecule has 0 spiro atoms. The van der Waals surface area contributed by atoms with E-state index in [1.54, 1.807) is 20.8 Å². The van der Waals surface area contributed by atoms with Gasteiger partial charge in [-0.15, -0.1) is 0 Å². The van der Waals surface area contributed by atoms with Crippen molar-refractivity contribution in [2.45, 2.75) is 101 Å². The van der Waals surface area contributed by atoms with Crippen molar-refractivity contribution in [3.63, 3.8) is 0 Å². The number of amides is 3.